The summed E-state index contributed by atoms with van der Waals surface area (Å²) in [5, 5.41) is 0. The second kappa shape index (κ2) is 2.56. The molecule has 0 radical (unpaired) electrons. The number of hydrogen-bond acceptors (Lipinski definition) is 2. The number of hydrogen-bond donors (Lipinski definition) is 0. The summed E-state index contributed by atoms with van der Waals surface area (Å²) in [6, 6.07) is 0. The van der Waals surface area contributed by atoms with E-state index in [1.807, 2.05) is 0 Å². The van der Waals surface area contributed by atoms with Gasteiger partial charge in [-0.25, -0.2) is 0 Å². The summed E-state index contributed by atoms with van der Waals surface area (Å²) < 4.78 is 0. The Kier molecular flexibility index (Phi) is 2.73. The Morgan fingerprint density at radius 2 is 2.20 bits per heavy atom. The molecule has 28 valence electrons. The Hall–Kier alpha value is 0.330. The van der Waals surface area contributed by atoms with Crippen LogP contribution in [0.1, 0.15) is 0 Å². The second-order valence-electron chi connectivity index (χ2n) is 0.571. The van der Waals surface area contributed by atoms with E-state index in [-0.39, 0.29) is 0 Å². The van der Waals surface area contributed by atoms with Crippen molar-refractivity contribution in [3.63, 3.8) is 0 Å². The Balaban J connectivity index is 3.36. The van der Waals surface area contributed by atoms with Crippen LogP contribution in [-0.4, -0.2) is 6.66 Å². The molecule has 0 saturated carbocycles. The Morgan fingerprint density at radius 1 is 2.00 bits per heavy atom. The van der Waals surface area contributed by atoms with E-state index in [1.54, 1.807) is 6.66 Å². The molecule has 0 amide bonds. The molecule has 0 saturated heterocycles. The fourth-order valence-electron chi connectivity index (χ4n) is 0. The third-order valence-electron chi connectivity index (χ3n) is 0.118. The summed E-state index contributed by atoms with van der Waals surface area (Å²) in [6.07, 6.45) is 0. The maximum atomic E-state index is 9.21. The summed E-state index contributed by atoms with van der Waals surface area (Å²) >= 11 is 0. The first-order valence-electron chi connectivity index (χ1n) is 1.03. The molecular formula is CH3NOP2. The molecule has 1 atom stereocenters. The quantitative estimate of drug-likeness (QED) is 0.344. The van der Waals surface area contributed by atoms with Crippen LogP contribution in [0.15, 0.2) is 4.95 Å². The predicted octanol–water partition coefficient (Wildman–Crippen LogP) is 2.10. The van der Waals surface area contributed by atoms with Gasteiger partial charge in [0.1, 0.15) is 0 Å². The van der Waals surface area contributed by atoms with Crippen LogP contribution in [0.4, 0.5) is 0 Å². The molecule has 0 bridgehead atoms. The van der Waals surface area contributed by atoms with E-state index in [2.05, 4.69) is 13.3 Å². The first kappa shape index (κ1) is 5.33. The molecule has 0 spiro atoms. The van der Waals surface area contributed by atoms with E-state index in [0.29, 0.717) is 0 Å². The molecule has 0 rings (SSSR count). The molecular weight excluding hydrogens is 104 g/mol. The van der Waals surface area contributed by atoms with Gasteiger partial charge >= 0.3 is 32.0 Å². The Morgan fingerprint density at radius 3 is 2.20 bits per heavy atom. The van der Waals surface area contributed by atoms with Crippen molar-refractivity contribution in [2.45, 2.75) is 0 Å². The van der Waals surface area contributed by atoms with Gasteiger partial charge in [-0.05, 0) is 0 Å². The minimum absolute atomic E-state index is 0.834. The molecule has 0 aliphatic carbocycles. The Bertz CT molecular complexity index is 89.6. The van der Waals surface area contributed by atoms with Gasteiger partial charge in [0.15, 0.2) is 0 Å². The van der Waals surface area contributed by atoms with E-state index in [0.717, 1.165) is 0 Å². The van der Waals surface area contributed by atoms with Crippen molar-refractivity contribution in [3.8, 4) is 0 Å². The molecule has 0 N–H and O–H groups in total. The Labute approximate surface area is 33.0 Å². The molecule has 0 aromatic rings. The third-order valence-corrected chi connectivity index (χ3v) is 0.574. The number of nitrogens with zero attached hydrogens (tertiary/aromatic N) is 1. The molecule has 0 aliphatic rings. The normalized spacial score (nSPS) is 10.0. The van der Waals surface area contributed by atoms with Crippen molar-refractivity contribution >= 4 is 15.5 Å². The standard InChI is InChI=1S/CH3NOP2/c1-5(4)2-3/h1H3. The molecule has 0 heterocycles. The molecule has 2 nitrogen and oxygen atoms in total. The van der Waals surface area contributed by atoms with Crippen molar-refractivity contribution < 1.29 is 0 Å². The van der Waals surface area contributed by atoms with E-state index in [1.165, 1.54) is 0 Å². The predicted molar refractivity (Wildman–Crippen MR) is 25.6 cm³/mol. The fourth-order valence-corrected chi connectivity index (χ4v) is 0. The second-order valence-corrected chi connectivity index (χ2v) is 3.45. The summed E-state index contributed by atoms with van der Waals surface area (Å²) in [7, 11) is 2.85. The van der Waals surface area contributed by atoms with Crippen LogP contribution in [0.25, 0.3) is 0 Å². The van der Waals surface area contributed by atoms with Crippen molar-refractivity contribution in [3.05, 3.63) is 4.91 Å². The van der Waals surface area contributed by atoms with E-state index < -0.39 is 7.17 Å². The van der Waals surface area contributed by atoms with Gasteiger partial charge in [0, 0.05) is 0 Å². The van der Waals surface area contributed by atoms with E-state index >= 15 is 0 Å². The van der Waals surface area contributed by atoms with E-state index in [4.69, 9.17) is 0 Å². The van der Waals surface area contributed by atoms with Gasteiger partial charge in [0.05, 0.1) is 0 Å². The fraction of sp³-hybridized carbons (Fsp3) is 1.00. The van der Waals surface area contributed by atoms with Crippen LogP contribution in [0, 0.1) is 4.91 Å². The SMILES string of the molecule is CP(#P)N=O. The zero-order chi connectivity index (χ0) is 4.28. The zero-order valence-electron chi connectivity index (χ0n) is 2.75. The van der Waals surface area contributed by atoms with Crippen LogP contribution < -0.4 is 0 Å². The van der Waals surface area contributed by atoms with Crippen LogP contribution in [0.5, 0.6) is 0 Å². The number of nitroso groups, excluding NO2 is 1. The average molecular weight is 107 g/mol. The van der Waals surface area contributed by atoms with Crippen molar-refractivity contribution in [1.29, 1.82) is 0 Å². The number of rotatable bonds is 0. The van der Waals surface area contributed by atoms with Crippen LogP contribution in [0.3, 0.4) is 0 Å². The average Bonchev–Trinajstić information content (AvgIpc) is 1.38. The third kappa shape index (κ3) is 4.33. The van der Waals surface area contributed by atoms with Gasteiger partial charge in [0.25, 0.3) is 0 Å². The zero-order valence-corrected chi connectivity index (χ0v) is 4.54. The van der Waals surface area contributed by atoms with Gasteiger partial charge in [-0.1, -0.05) is 0 Å². The van der Waals surface area contributed by atoms with Gasteiger partial charge in [0.2, 0.25) is 0 Å². The monoisotopic (exact) mass is 107 g/mol. The summed E-state index contributed by atoms with van der Waals surface area (Å²) in [5.41, 5.74) is 0. The van der Waals surface area contributed by atoms with Gasteiger partial charge < -0.3 is 0 Å². The first-order valence-corrected chi connectivity index (χ1v) is 3.92. The van der Waals surface area contributed by atoms with Gasteiger partial charge in [-0.3, -0.25) is 0 Å². The van der Waals surface area contributed by atoms with Crippen molar-refractivity contribution in [2.24, 2.45) is 4.95 Å². The molecule has 0 aliphatic heterocycles. The molecule has 5 heavy (non-hydrogen) atoms. The van der Waals surface area contributed by atoms with Crippen molar-refractivity contribution in [2.75, 3.05) is 6.66 Å². The summed E-state index contributed by atoms with van der Waals surface area (Å²) in [5.74, 6) is 0. The van der Waals surface area contributed by atoms with Crippen LogP contribution >= 0.6 is 15.5 Å². The van der Waals surface area contributed by atoms with Crippen molar-refractivity contribution in [1.82, 2.24) is 0 Å². The molecule has 0 fully saturated rings. The van der Waals surface area contributed by atoms with Gasteiger partial charge in [-0.15, -0.1) is 0 Å². The maximum absolute atomic E-state index is 9.21. The summed E-state index contributed by atoms with van der Waals surface area (Å²) in [6.45, 7) is 1.67. The first-order chi connectivity index (χ1) is 2.27. The minimum atomic E-state index is -0.834. The molecule has 0 aromatic carbocycles. The van der Waals surface area contributed by atoms with Crippen LogP contribution in [0.2, 0.25) is 0 Å². The molecule has 0 aromatic heterocycles. The summed E-state index contributed by atoms with van der Waals surface area (Å²) in [4.78, 5) is 11.8. The van der Waals surface area contributed by atoms with E-state index in [9.17, 15) is 4.91 Å². The topological polar surface area (TPSA) is 29.4 Å². The molecule has 1 unspecified atom stereocenters. The van der Waals surface area contributed by atoms with Crippen LogP contribution in [-0.2, 0) is 0 Å². The van der Waals surface area contributed by atoms with Gasteiger partial charge in [-0.2, -0.15) is 0 Å². The molecule has 4 heteroatoms.